The van der Waals surface area contributed by atoms with Gasteiger partial charge in [-0.25, -0.2) is 0 Å². The van der Waals surface area contributed by atoms with Crippen LogP contribution in [-0.4, -0.2) is 36.7 Å². The Morgan fingerprint density at radius 2 is 1.94 bits per heavy atom. The molecule has 0 saturated carbocycles. The topological polar surface area (TPSA) is 36.3 Å². The van der Waals surface area contributed by atoms with Gasteiger partial charge in [-0.1, -0.05) is 32.6 Å². The zero-order chi connectivity index (χ0) is 11.9. The molecule has 3 nitrogen and oxygen atoms in total. The van der Waals surface area contributed by atoms with Crippen molar-refractivity contribution in [3.63, 3.8) is 0 Å². The van der Waals surface area contributed by atoms with Crippen molar-refractivity contribution in [2.24, 2.45) is 0 Å². The van der Waals surface area contributed by atoms with Crippen LogP contribution in [0.5, 0.6) is 0 Å². The maximum Gasteiger partial charge on any atom is 0.106 e. The summed E-state index contributed by atoms with van der Waals surface area (Å²) in [7, 11) is 0. The third-order valence-corrected chi connectivity index (χ3v) is 3.47. The van der Waals surface area contributed by atoms with Crippen molar-refractivity contribution in [1.82, 2.24) is 4.90 Å². The monoisotopic (exact) mass is 224 g/mol. The molecule has 1 unspecified atom stereocenters. The lowest BCUT2D eigenvalue weighted by Gasteiger charge is -2.38. The van der Waals surface area contributed by atoms with Crippen LogP contribution in [0.25, 0.3) is 0 Å². The van der Waals surface area contributed by atoms with E-state index in [0.717, 1.165) is 39.1 Å². The average molecular weight is 224 g/mol. The van der Waals surface area contributed by atoms with Crippen LogP contribution in [0.1, 0.15) is 46.0 Å². The second kappa shape index (κ2) is 6.88. The predicted octanol–water partition coefficient (Wildman–Crippen LogP) is 2.57. The highest BCUT2D eigenvalue weighted by Crippen LogP contribution is 2.23. The number of nitriles is 1. The molecular weight excluding hydrogens is 200 g/mol. The second-order valence-corrected chi connectivity index (χ2v) is 4.80. The Balaban J connectivity index is 2.39. The Labute approximate surface area is 99.4 Å². The minimum Gasteiger partial charge on any atom is -0.379 e. The highest BCUT2D eigenvalue weighted by Gasteiger charge is 2.32. The fraction of sp³-hybridized carbons (Fsp3) is 0.923. The third-order valence-electron chi connectivity index (χ3n) is 3.47. The molecule has 0 aromatic rings. The second-order valence-electron chi connectivity index (χ2n) is 4.80. The molecule has 0 radical (unpaired) electrons. The molecule has 0 amide bonds. The molecule has 1 rings (SSSR count). The SMILES string of the molecule is CCCCCCC(C)(C#N)N1CCOCC1. The summed E-state index contributed by atoms with van der Waals surface area (Å²) in [5.41, 5.74) is -0.280. The standard InChI is InChI=1S/C13H24N2O/c1-3-4-5-6-7-13(2,12-14)15-8-10-16-11-9-15/h3-11H2,1-2H3. The van der Waals surface area contributed by atoms with E-state index in [0.29, 0.717) is 0 Å². The van der Waals surface area contributed by atoms with Crippen molar-refractivity contribution in [2.75, 3.05) is 26.3 Å². The van der Waals surface area contributed by atoms with Crippen LogP contribution in [0.4, 0.5) is 0 Å². The number of morpholine rings is 1. The van der Waals surface area contributed by atoms with E-state index in [1.807, 2.05) is 0 Å². The van der Waals surface area contributed by atoms with Gasteiger partial charge in [0.2, 0.25) is 0 Å². The normalized spacial score (nSPS) is 21.3. The molecule has 0 bridgehead atoms. The maximum absolute atomic E-state index is 9.36. The summed E-state index contributed by atoms with van der Waals surface area (Å²) in [5, 5.41) is 9.36. The van der Waals surface area contributed by atoms with Gasteiger partial charge in [-0.05, 0) is 13.3 Å². The highest BCUT2D eigenvalue weighted by molar-refractivity contribution is 5.05. The van der Waals surface area contributed by atoms with Gasteiger partial charge < -0.3 is 4.74 Å². The van der Waals surface area contributed by atoms with Gasteiger partial charge >= 0.3 is 0 Å². The number of nitrogens with zero attached hydrogens (tertiary/aromatic N) is 2. The van der Waals surface area contributed by atoms with E-state index in [4.69, 9.17) is 4.74 Å². The van der Waals surface area contributed by atoms with E-state index in [2.05, 4.69) is 24.8 Å². The predicted molar refractivity (Wildman–Crippen MR) is 65.2 cm³/mol. The van der Waals surface area contributed by atoms with E-state index in [-0.39, 0.29) is 5.54 Å². The molecule has 1 aliphatic rings. The van der Waals surface area contributed by atoms with Crippen LogP contribution < -0.4 is 0 Å². The number of rotatable bonds is 6. The van der Waals surface area contributed by atoms with E-state index < -0.39 is 0 Å². The van der Waals surface area contributed by atoms with Gasteiger partial charge in [0, 0.05) is 13.1 Å². The van der Waals surface area contributed by atoms with Gasteiger partial charge in [0.1, 0.15) is 5.54 Å². The lowest BCUT2D eigenvalue weighted by atomic mass is 9.93. The molecule has 16 heavy (non-hydrogen) atoms. The quantitative estimate of drug-likeness (QED) is 0.651. The zero-order valence-electron chi connectivity index (χ0n) is 10.7. The fourth-order valence-electron chi connectivity index (χ4n) is 2.24. The zero-order valence-corrected chi connectivity index (χ0v) is 10.7. The Hall–Kier alpha value is -0.590. The van der Waals surface area contributed by atoms with E-state index >= 15 is 0 Å². The molecule has 3 heteroatoms. The fourth-order valence-corrected chi connectivity index (χ4v) is 2.24. The minimum atomic E-state index is -0.280. The smallest absolute Gasteiger partial charge is 0.106 e. The summed E-state index contributed by atoms with van der Waals surface area (Å²) in [4.78, 5) is 2.28. The molecule has 1 fully saturated rings. The molecular formula is C13H24N2O. The van der Waals surface area contributed by atoms with E-state index in [1.54, 1.807) is 0 Å². The van der Waals surface area contributed by atoms with Gasteiger partial charge in [-0.3, -0.25) is 4.90 Å². The Morgan fingerprint density at radius 3 is 2.50 bits per heavy atom. The molecule has 1 aliphatic heterocycles. The molecule has 0 N–H and O–H groups in total. The summed E-state index contributed by atoms with van der Waals surface area (Å²) in [5.74, 6) is 0. The van der Waals surface area contributed by atoms with Crippen LogP contribution in [0.3, 0.4) is 0 Å². The molecule has 1 saturated heterocycles. The molecule has 0 aliphatic carbocycles. The first-order chi connectivity index (χ1) is 7.73. The average Bonchev–Trinajstić information content (AvgIpc) is 2.35. The first-order valence-electron chi connectivity index (χ1n) is 6.47. The Bertz CT molecular complexity index is 231. The molecule has 0 aromatic heterocycles. The van der Waals surface area contributed by atoms with Crippen LogP contribution >= 0.6 is 0 Å². The van der Waals surface area contributed by atoms with Crippen molar-refractivity contribution in [3.05, 3.63) is 0 Å². The van der Waals surface area contributed by atoms with Crippen molar-refractivity contribution in [3.8, 4) is 6.07 Å². The number of hydrogen-bond donors (Lipinski definition) is 0. The number of ether oxygens (including phenoxy) is 1. The summed E-state index contributed by atoms with van der Waals surface area (Å²) >= 11 is 0. The van der Waals surface area contributed by atoms with E-state index in [1.165, 1.54) is 19.3 Å². The summed E-state index contributed by atoms with van der Waals surface area (Å²) in [6.45, 7) is 7.63. The van der Waals surface area contributed by atoms with Crippen molar-refractivity contribution >= 4 is 0 Å². The summed E-state index contributed by atoms with van der Waals surface area (Å²) in [6.07, 6.45) is 5.93. The van der Waals surface area contributed by atoms with E-state index in [9.17, 15) is 5.26 Å². The van der Waals surface area contributed by atoms with Gasteiger partial charge in [-0.15, -0.1) is 0 Å². The molecule has 0 spiro atoms. The first-order valence-corrected chi connectivity index (χ1v) is 6.47. The lowest BCUT2D eigenvalue weighted by molar-refractivity contribution is -0.00121. The van der Waals surface area contributed by atoms with Crippen LogP contribution in [0.15, 0.2) is 0 Å². The number of hydrogen-bond acceptors (Lipinski definition) is 3. The van der Waals surface area contributed by atoms with Gasteiger partial charge in [-0.2, -0.15) is 5.26 Å². The van der Waals surface area contributed by atoms with Gasteiger partial charge in [0.25, 0.3) is 0 Å². The van der Waals surface area contributed by atoms with Crippen LogP contribution in [0.2, 0.25) is 0 Å². The summed E-state index contributed by atoms with van der Waals surface area (Å²) in [6, 6.07) is 2.50. The molecule has 92 valence electrons. The maximum atomic E-state index is 9.36. The van der Waals surface area contributed by atoms with Crippen molar-refractivity contribution in [2.45, 2.75) is 51.5 Å². The van der Waals surface area contributed by atoms with Crippen LogP contribution in [-0.2, 0) is 4.74 Å². The van der Waals surface area contributed by atoms with Crippen molar-refractivity contribution < 1.29 is 4.74 Å². The third kappa shape index (κ3) is 3.77. The molecule has 0 aromatic carbocycles. The number of unbranched alkanes of at least 4 members (excludes halogenated alkanes) is 3. The lowest BCUT2D eigenvalue weighted by Crippen LogP contribution is -2.50. The minimum absolute atomic E-state index is 0.280. The van der Waals surface area contributed by atoms with Gasteiger partial charge in [0.05, 0.1) is 19.3 Å². The summed E-state index contributed by atoms with van der Waals surface area (Å²) < 4.78 is 5.33. The first kappa shape index (κ1) is 13.5. The van der Waals surface area contributed by atoms with Crippen molar-refractivity contribution in [1.29, 1.82) is 5.26 Å². The largest absolute Gasteiger partial charge is 0.379 e. The van der Waals surface area contributed by atoms with Gasteiger partial charge in [0.15, 0.2) is 0 Å². The molecule has 1 atom stereocenters. The highest BCUT2D eigenvalue weighted by atomic mass is 16.5. The Kier molecular flexibility index (Phi) is 5.79. The molecule has 1 heterocycles. The van der Waals surface area contributed by atoms with Crippen LogP contribution in [0, 0.1) is 11.3 Å². The Morgan fingerprint density at radius 1 is 1.25 bits per heavy atom.